The third-order valence-corrected chi connectivity index (χ3v) is 3.69. The van der Waals surface area contributed by atoms with Crippen LogP contribution in [0.25, 0.3) is 0 Å². The fourth-order valence-electron chi connectivity index (χ4n) is 2.11. The van der Waals surface area contributed by atoms with Gasteiger partial charge in [0.25, 0.3) is 5.56 Å². The number of nitrogens with zero attached hydrogens (tertiary/aromatic N) is 1. The number of phosphoric acid groups is 1. The molecule has 4 N–H and O–H groups in total. The Hall–Kier alpha value is -1.33. The Balaban J connectivity index is 1.96. The maximum atomic E-state index is 11.8. The second-order valence-corrected chi connectivity index (χ2v) is 6.26. The van der Waals surface area contributed by atoms with Gasteiger partial charge in [-0.3, -0.25) is 18.9 Å². The number of hydrogen-bond donors (Lipinski definition) is 4. The number of phosphoric ester groups is 1. The molecule has 0 spiro atoms. The number of aromatic amines is 1. The van der Waals surface area contributed by atoms with Gasteiger partial charge in [0.05, 0.1) is 12.7 Å². The first-order chi connectivity index (χ1) is 10.7. The van der Waals surface area contributed by atoms with Gasteiger partial charge < -0.3 is 24.4 Å². The van der Waals surface area contributed by atoms with E-state index < -0.39 is 44.3 Å². The second-order valence-electron chi connectivity index (χ2n) is 5.02. The van der Waals surface area contributed by atoms with E-state index in [1.807, 2.05) is 0 Å². The third-order valence-electron chi connectivity index (χ3n) is 3.25. The Bertz CT molecular complexity index is 708. The molecule has 0 unspecified atom stereocenters. The van der Waals surface area contributed by atoms with Crippen LogP contribution in [0.2, 0.25) is 0 Å². The predicted molar refractivity (Wildman–Crippen MR) is 74.5 cm³/mol. The largest absolute Gasteiger partial charge is 0.471 e. The van der Waals surface area contributed by atoms with Crippen LogP contribution in [0.4, 0.5) is 0 Å². The zero-order chi connectivity index (χ0) is 17.2. The van der Waals surface area contributed by atoms with Crippen LogP contribution in [0.5, 0.6) is 0 Å². The summed E-state index contributed by atoms with van der Waals surface area (Å²) >= 11 is 0. The number of aromatic nitrogens is 2. The lowest BCUT2D eigenvalue weighted by atomic mass is 10.2. The first-order valence-corrected chi connectivity index (χ1v) is 8.14. The van der Waals surface area contributed by atoms with E-state index >= 15 is 0 Å². The molecule has 1 aliphatic heterocycles. The first kappa shape index (κ1) is 18.0. The molecule has 1 saturated heterocycles. The van der Waals surface area contributed by atoms with Crippen LogP contribution >= 0.6 is 7.82 Å². The second kappa shape index (κ2) is 7.05. The number of nitrogens with one attached hydrogen (secondary N) is 1. The van der Waals surface area contributed by atoms with Crippen molar-refractivity contribution < 1.29 is 33.5 Å². The van der Waals surface area contributed by atoms with E-state index in [9.17, 15) is 19.3 Å². The van der Waals surface area contributed by atoms with E-state index in [-0.39, 0.29) is 13.0 Å². The Morgan fingerprint density at radius 2 is 2.17 bits per heavy atom. The van der Waals surface area contributed by atoms with Crippen molar-refractivity contribution in [1.29, 1.82) is 0 Å². The van der Waals surface area contributed by atoms with E-state index in [1.165, 1.54) is 13.1 Å². The van der Waals surface area contributed by atoms with Crippen molar-refractivity contribution >= 4 is 7.82 Å². The van der Waals surface area contributed by atoms with Crippen LogP contribution in [0, 0.1) is 6.92 Å². The molecule has 1 aliphatic rings. The summed E-state index contributed by atoms with van der Waals surface area (Å²) < 4.78 is 26.1. The molecule has 3 atom stereocenters. The van der Waals surface area contributed by atoms with E-state index in [4.69, 9.17) is 19.3 Å². The smallest absolute Gasteiger partial charge is 0.390 e. The molecule has 0 radical (unpaired) electrons. The molecule has 1 fully saturated rings. The lowest BCUT2D eigenvalue weighted by molar-refractivity contribution is -0.0904. The summed E-state index contributed by atoms with van der Waals surface area (Å²) in [6, 6.07) is 0. The van der Waals surface area contributed by atoms with Gasteiger partial charge in [0.1, 0.15) is 12.3 Å². The highest BCUT2D eigenvalue weighted by Gasteiger charge is 2.35. The van der Waals surface area contributed by atoms with Crippen molar-refractivity contribution in [1.82, 2.24) is 9.55 Å². The summed E-state index contributed by atoms with van der Waals surface area (Å²) in [4.78, 5) is 42.2. The molecule has 11 nitrogen and oxygen atoms in total. The van der Waals surface area contributed by atoms with Crippen molar-refractivity contribution in [2.75, 3.05) is 13.4 Å². The zero-order valence-electron chi connectivity index (χ0n) is 12.1. The first-order valence-electron chi connectivity index (χ1n) is 6.61. The lowest BCUT2D eigenvalue weighted by Gasteiger charge is -2.16. The maximum absolute atomic E-state index is 11.8. The SMILES string of the molecule is Cc1cn([C@H]2C[C@H](O)[C@@H](COCOP(=O)(O)O)O2)c(=O)[nH]c1=O. The quantitative estimate of drug-likeness (QED) is 0.273. The van der Waals surface area contributed by atoms with Gasteiger partial charge in [-0.2, -0.15) is 0 Å². The summed E-state index contributed by atoms with van der Waals surface area (Å²) in [5.41, 5.74) is -0.846. The number of rotatable bonds is 6. The van der Waals surface area contributed by atoms with Crippen molar-refractivity contribution in [3.05, 3.63) is 32.6 Å². The van der Waals surface area contributed by atoms with E-state index in [0.29, 0.717) is 5.56 Å². The van der Waals surface area contributed by atoms with E-state index in [0.717, 1.165) is 4.57 Å². The highest BCUT2D eigenvalue weighted by molar-refractivity contribution is 7.46. The van der Waals surface area contributed by atoms with Crippen LogP contribution < -0.4 is 11.2 Å². The predicted octanol–water partition coefficient (Wildman–Crippen LogP) is -1.42. The minimum absolute atomic E-state index is 0.0960. The normalized spacial score (nSPS) is 25.0. The van der Waals surface area contributed by atoms with E-state index in [1.54, 1.807) is 0 Å². The fraction of sp³-hybridized carbons (Fsp3) is 0.636. The average molecular weight is 352 g/mol. The number of ether oxygens (including phenoxy) is 2. The molecule has 2 heterocycles. The molecule has 2 rings (SSSR count). The van der Waals surface area contributed by atoms with Gasteiger partial charge in [0, 0.05) is 18.2 Å². The van der Waals surface area contributed by atoms with Crippen LogP contribution in [0.3, 0.4) is 0 Å². The summed E-state index contributed by atoms with van der Waals surface area (Å²) in [5, 5.41) is 9.91. The number of aryl methyl sites for hydroxylation is 1. The Morgan fingerprint density at radius 3 is 2.83 bits per heavy atom. The highest BCUT2D eigenvalue weighted by Crippen LogP contribution is 2.35. The van der Waals surface area contributed by atoms with Gasteiger partial charge in [-0.1, -0.05) is 0 Å². The number of hydrogen-bond acceptors (Lipinski definition) is 7. The third kappa shape index (κ3) is 4.82. The van der Waals surface area contributed by atoms with Gasteiger partial charge in [0.15, 0.2) is 6.79 Å². The van der Waals surface area contributed by atoms with Gasteiger partial charge in [0.2, 0.25) is 0 Å². The molecule has 0 saturated carbocycles. The van der Waals surface area contributed by atoms with Gasteiger partial charge >= 0.3 is 13.5 Å². The Morgan fingerprint density at radius 1 is 1.48 bits per heavy atom. The van der Waals surface area contributed by atoms with Crippen LogP contribution in [0.15, 0.2) is 15.8 Å². The van der Waals surface area contributed by atoms with Crippen molar-refractivity contribution in [2.24, 2.45) is 0 Å². The summed E-state index contributed by atoms with van der Waals surface area (Å²) in [6.07, 6.45) is -1.12. The Kier molecular flexibility index (Phi) is 5.53. The average Bonchev–Trinajstić information content (AvgIpc) is 2.79. The van der Waals surface area contributed by atoms with Gasteiger partial charge in [-0.15, -0.1) is 0 Å². The molecule has 0 aliphatic carbocycles. The van der Waals surface area contributed by atoms with Crippen LogP contribution in [-0.4, -0.2) is 50.1 Å². The number of aliphatic hydroxyl groups excluding tert-OH is 1. The summed E-state index contributed by atoms with van der Waals surface area (Å²) in [7, 11) is -4.63. The molecule has 1 aromatic rings. The Labute approximate surface area is 129 Å². The lowest BCUT2D eigenvalue weighted by Crippen LogP contribution is -2.33. The topological polar surface area (TPSA) is 160 Å². The molecule has 0 aromatic carbocycles. The van der Waals surface area contributed by atoms with E-state index in [2.05, 4.69) is 9.51 Å². The number of aliphatic hydroxyl groups is 1. The minimum Gasteiger partial charge on any atom is -0.390 e. The molecular weight excluding hydrogens is 335 g/mol. The molecule has 0 amide bonds. The summed E-state index contributed by atoms with van der Waals surface area (Å²) in [6.45, 7) is 0.675. The molecule has 130 valence electrons. The molecule has 12 heteroatoms. The van der Waals surface area contributed by atoms with Crippen molar-refractivity contribution in [3.8, 4) is 0 Å². The number of H-pyrrole nitrogens is 1. The highest BCUT2D eigenvalue weighted by atomic mass is 31.2. The minimum atomic E-state index is -4.63. The fourth-order valence-corrected chi connectivity index (χ4v) is 2.32. The maximum Gasteiger partial charge on any atom is 0.471 e. The van der Waals surface area contributed by atoms with Crippen molar-refractivity contribution in [3.63, 3.8) is 0 Å². The van der Waals surface area contributed by atoms with Crippen molar-refractivity contribution in [2.45, 2.75) is 31.8 Å². The van der Waals surface area contributed by atoms with Gasteiger partial charge in [-0.25, -0.2) is 9.36 Å². The molecule has 1 aromatic heterocycles. The van der Waals surface area contributed by atoms with Crippen LogP contribution in [0.1, 0.15) is 18.2 Å². The monoisotopic (exact) mass is 352 g/mol. The standard InChI is InChI=1S/C11H17N2O9P/c1-6-3-13(11(16)12-10(6)15)9-2-7(14)8(22-9)4-20-5-21-23(17,18)19/h3,7-9,14H,2,4-5H2,1H3,(H,12,15,16)(H2,17,18,19)/t7-,8+,9+/m0/s1. The zero-order valence-corrected chi connectivity index (χ0v) is 13.0. The van der Waals surface area contributed by atoms with Gasteiger partial charge in [-0.05, 0) is 6.92 Å². The summed E-state index contributed by atoms with van der Waals surface area (Å²) in [5.74, 6) is 0. The molecule has 23 heavy (non-hydrogen) atoms. The van der Waals surface area contributed by atoms with Crippen LogP contribution in [-0.2, 0) is 18.6 Å². The molecule has 0 bridgehead atoms. The molecular formula is C11H17N2O9P.